The molecule has 0 bridgehead atoms. The molecule has 0 amide bonds. The molecule has 2 heteroatoms. The zero-order valence-electron chi connectivity index (χ0n) is 12.6. The second-order valence-corrected chi connectivity index (χ2v) is 6.33. The van der Waals surface area contributed by atoms with Gasteiger partial charge in [-0.05, 0) is 56.0 Å². The quantitative estimate of drug-likeness (QED) is 0.828. The fourth-order valence-corrected chi connectivity index (χ4v) is 2.85. The molecule has 0 heterocycles. The highest BCUT2D eigenvalue weighted by molar-refractivity contribution is 5.83. The first-order valence-electron chi connectivity index (χ1n) is 7.26. The van der Waals surface area contributed by atoms with Crippen molar-refractivity contribution in [3.05, 3.63) is 34.9 Å². The SMILES string of the molecule is CC(C)c1ccc2c(c1)CC(C(=O)CN(C)C)CC2. The molecular formula is C17H25NO. The predicted octanol–water partition coefficient (Wildman–Crippen LogP) is 3.05. The number of fused-ring (bicyclic) bond motifs is 1. The maximum Gasteiger partial charge on any atom is 0.150 e. The van der Waals surface area contributed by atoms with Crippen molar-refractivity contribution in [1.29, 1.82) is 0 Å². The molecule has 0 aromatic heterocycles. The summed E-state index contributed by atoms with van der Waals surface area (Å²) in [6.07, 6.45) is 3.00. The first-order chi connectivity index (χ1) is 8.97. The van der Waals surface area contributed by atoms with Crippen LogP contribution in [0.2, 0.25) is 0 Å². The Morgan fingerprint density at radius 3 is 2.68 bits per heavy atom. The summed E-state index contributed by atoms with van der Waals surface area (Å²) in [6, 6.07) is 6.82. The van der Waals surface area contributed by atoms with Gasteiger partial charge in [-0.3, -0.25) is 4.79 Å². The maximum atomic E-state index is 12.2. The van der Waals surface area contributed by atoms with Gasteiger partial charge in [0.2, 0.25) is 0 Å². The molecule has 2 rings (SSSR count). The molecule has 0 saturated heterocycles. The van der Waals surface area contributed by atoms with E-state index in [4.69, 9.17) is 0 Å². The van der Waals surface area contributed by atoms with E-state index in [1.54, 1.807) is 0 Å². The number of aryl methyl sites for hydroxylation is 1. The number of rotatable bonds is 4. The Morgan fingerprint density at radius 2 is 2.05 bits per heavy atom. The third kappa shape index (κ3) is 3.44. The lowest BCUT2D eigenvalue weighted by atomic mass is 9.80. The first-order valence-corrected chi connectivity index (χ1v) is 7.26. The molecule has 0 fully saturated rings. The van der Waals surface area contributed by atoms with Gasteiger partial charge in [0.25, 0.3) is 0 Å². The summed E-state index contributed by atoms with van der Waals surface area (Å²) in [5.74, 6) is 1.17. The summed E-state index contributed by atoms with van der Waals surface area (Å²) in [7, 11) is 3.93. The molecule has 0 aliphatic heterocycles. The van der Waals surface area contributed by atoms with Crippen LogP contribution in [0, 0.1) is 5.92 Å². The predicted molar refractivity (Wildman–Crippen MR) is 79.6 cm³/mol. The molecule has 0 radical (unpaired) electrons. The van der Waals surface area contributed by atoms with Crippen molar-refractivity contribution in [2.24, 2.45) is 5.92 Å². The molecule has 19 heavy (non-hydrogen) atoms. The van der Waals surface area contributed by atoms with Crippen LogP contribution in [0.5, 0.6) is 0 Å². The summed E-state index contributed by atoms with van der Waals surface area (Å²) in [4.78, 5) is 14.2. The molecular weight excluding hydrogens is 234 g/mol. The Bertz CT molecular complexity index is 462. The second kappa shape index (κ2) is 5.87. The van der Waals surface area contributed by atoms with Gasteiger partial charge >= 0.3 is 0 Å². The van der Waals surface area contributed by atoms with E-state index in [0.717, 1.165) is 19.3 Å². The van der Waals surface area contributed by atoms with E-state index in [1.807, 2.05) is 19.0 Å². The number of carbonyl (C=O) groups is 1. The Labute approximate surface area is 116 Å². The third-order valence-electron chi connectivity index (χ3n) is 4.05. The lowest BCUT2D eigenvalue weighted by molar-refractivity contribution is -0.123. The number of ketones is 1. The number of nitrogens with zero attached hydrogens (tertiary/aromatic N) is 1. The van der Waals surface area contributed by atoms with Gasteiger partial charge < -0.3 is 4.90 Å². The molecule has 2 nitrogen and oxygen atoms in total. The Balaban J connectivity index is 2.13. The van der Waals surface area contributed by atoms with Crippen molar-refractivity contribution < 1.29 is 4.79 Å². The lowest BCUT2D eigenvalue weighted by Crippen LogP contribution is -2.31. The van der Waals surface area contributed by atoms with E-state index in [0.29, 0.717) is 18.2 Å². The lowest BCUT2D eigenvalue weighted by Gasteiger charge is -2.25. The minimum atomic E-state index is 0.220. The molecule has 0 spiro atoms. The topological polar surface area (TPSA) is 20.3 Å². The van der Waals surface area contributed by atoms with E-state index in [2.05, 4.69) is 32.0 Å². The molecule has 1 aliphatic rings. The average molecular weight is 259 g/mol. The van der Waals surface area contributed by atoms with Crippen LogP contribution in [-0.4, -0.2) is 31.3 Å². The van der Waals surface area contributed by atoms with Crippen LogP contribution in [0.25, 0.3) is 0 Å². The third-order valence-corrected chi connectivity index (χ3v) is 4.05. The Morgan fingerprint density at radius 1 is 1.32 bits per heavy atom. The van der Waals surface area contributed by atoms with Crippen LogP contribution >= 0.6 is 0 Å². The zero-order valence-corrected chi connectivity index (χ0v) is 12.6. The van der Waals surface area contributed by atoms with Gasteiger partial charge in [-0.1, -0.05) is 32.0 Å². The molecule has 1 aromatic carbocycles. The average Bonchev–Trinajstić information content (AvgIpc) is 2.36. The highest BCUT2D eigenvalue weighted by atomic mass is 16.1. The molecule has 104 valence electrons. The van der Waals surface area contributed by atoms with Crippen molar-refractivity contribution >= 4 is 5.78 Å². The van der Waals surface area contributed by atoms with E-state index < -0.39 is 0 Å². The van der Waals surface area contributed by atoms with Crippen LogP contribution in [-0.2, 0) is 17.6 Å². The summed E-state index contributed by atoms with van der Waals surface area (Å²) < 4.78 is 0. The normalized spacial score (nSPS) is 18.7. The molecule has 0 saturated carbocycles. The van der Waals surface area contributed by atoms with E-state index in [-0.39, 0.29) is 5.92 Å². The molecule has 1 aliphatic carbocycles. The van der Waals surface area contributed by atoms with Crippen molar-refractivity contribution in [3.8, 4) is 0 Å². The number of hydrogen-bond donors (Lipinski definition) is 0. The van der Waals surface area contributed by atoms with Gasteiger partial charge in [0.05, 0.1) is 6.54 Å². The number of likely N-dealkylation sites (N-methyl/N-ethyl adjacent to an activating group) is 1. The monoisotopic (exact) mass is 259 g/mol. The fourth-order valence-electron chi connectivity index (χ4n) is 2.85. The molecule has 1 unspecified atom stereocenters. The summed E-state index contributed by atoms with van der Waals surface area (Å²) in [5.41, 5.74) is 4.23. The minimum absolute atomic E-state index is 0.220. The van der Waals surface area contributed by atoms with Crippen LogP contribution in [0.3, 0.4) is 0 Å². The van der Waals surface area contributed by atoms with E-state index in [9.17, 15) is 4.79 Å². The Hall–Kier alpha value is -1.15. The zero-order chi connectivity index (χ0) is 14.0. The Kier molecular flexibility index (Phi) is 4.41. The molecule has 1 aromatic rings. The highest BCUT2D eigenvalue weighted by Crippen LogP contribution is 2.29. The number of Topliss-reactive ketones (excluding diaryl/α,β-unsaturated/α-hetero) is 1. The molecule has 0 N–H and O–H groups in total. The number of benzene rings is 1. The molecule has 1 atom stereocenters. The number of carbonyl (C=O) groups excluding carboxylic acids is 1. The standard InChI is InChI=1S/C17H25NO/c1-12(2)14-7-5-13-6-8-15(10-16(13)9-14)17(19)11-18(3)4/h5,7,9,12,15H,6,8,10-11H2,1-4H3. The summed E-state index contributed by atoms with van der Waals surface area (Å²) in [5, 5.41) is 0. The maximum absolute atomic E-state index is 12.2. The van der Waals surface area contributed by atoms with E-state index in [1.165, 1.54) is 16.7 Å². The van der Waals surface area contributed by atoms with Gasteiger partial charge in [0, 0.05) is 5.92 Å². The smallest absolute Gasteiger partial charge is 0.150 e. The summed E-state index contributed by atoms with van der Waals surface area (Å²) >= 11 is 0. The van der Waals surface area contributed by atoms with Gasteiger partial charge in [-0.25, -0.2) is 0 Å². The number of hydrogen-bond acceptors (Lipinski definition) is 2. The van der Waals surface area contributed by atoms with Crippen molar-refractivity contribution in [3.63, 3.8) is 0 Å². The van der Waals surface area contributed by atoms with Crippen LogP contribution < -0.4 is 0 Å². The second-order valence-electron chi connectivity index (χ2n) is 6.33. The van der Waals surface area contributed by atoms with Crippen LogP contribution in [0.15, 0.2) is 18.2 Å². The minimum Gasteiger partial charge on any atom is -0.302 e. The van der Waals surface area contributed by atoms with Gasteiger partial charge in [-0.15, -0.1) is 0 Å². The van der Waals surface area contributed by atoms with Crippen molar-refractivity contribution in [1.82, 2.24) is 4.90 Å². The van der Waals surface area contributed by atoms with Gasteiger partial charge in [0.15, 0.2) is 0 Å². The highest BCUT2D eigenvalue weighted by Gasteiger charge is 2.24. The van der Waals surface area contributed by atoms with Crippen molar-refractivity contribution in [2.45, 2.75) is 39.0 Å². The van der Waals surface area contributed by atoms with Gasteiger partial charge in [-0.2, -0.15) is 0 Å². The van der Waals surface area contributed by atoms with Crippen LogP contribution in [0.4, 0.5) is 0 Å². The van der Waals surface area contributed by atoms with Gasteiger partial charge in [0.1, 0.15) is 5.78 Å². The fraction of sp³-hybridized carbons (Fsp3) is 0.588. The van der Waals surface area contributed by atoms with Crippen molar-refractivity contribution in [2.75, 3.05) is 20.6 Å². The first kappa shape index (κ1) is 14.3. The largest absolute Gasteiger partial charge is 0.302 e. The summed E-state index contributed by atoms with van der Waals surface area (Å²) in [6.45, 7) is 5.02. The van der Waals surface area contributed by atoms with E-state index >= 15 is 0 Å². The van der Waals surface area contributed by atoms with Crippen LogP contribution in [0.1, 0.15) is 42.9 Å².